The van der Waals surface area contributed by atoms with Crippen LogP contribution in [0.25, 0.3) is 0 Å². The summed E-state index contributed by atoms with van der Waals surface area (Å²) in [6.45, 7) is 6.17. The molecule has 1 aromatic carbocycles. The third-order valence-electron chi connectivity index (χ3n) is 3.23. The molecule has 2 rings (SSSR count). The Morgan fingerprint density at radius 2 is 2.18 bits per heavy atom. The lowest BCUT2D eigenvalue weighted by Crippen LogP contribution is -2.33. The molecule has 1 N–H and O–H groups in total. The van der Waals surface area contributed by atoms with Crippen LogP contribution in [0.3, 0.4) is 0 Å². The maximum absolute atomic E-state index is 5.25. The highest BCUT2D eigenvalue weighted by Crippen LogP contribution is 2.10. The summed E-state index contributed by atoms with van der Waals surface area (Å²) in [6.07, 6.45) is 2.33. The number of nitrogens with one attached hydrogen (secondary N) is 1. The molecule has 0 aliphatic carbocycles. The van der Waals surface area contributed by atoms with Crippen LogP contribution < -0.4 is 5.48 Å². The zero-order chi connectivity index (χ0) is 11.9. The highest BCUT2D eigenvalue weighted by molar-refractivity contribution is 5.14. The Morgan fingerprint density at radius 3 is 2.94 bits per heavy atom. The lowest BCUT2D eigenvalue weighted by molar-refractivity contribution is 0.0268. The number of likely N-dealkylation sites (tertiary alicyclic amines) is 1. The molecule has 1 aliphatic rings. The molecule has 1 aliphatic heterocycles. The van der Waals surface area contributed by atoms with Gasteiger partial charge in [0.1, 0.15) is 0 Å². The van der Waals surface area contributed by atoms with E-state index < -0.39 is 0 Å². The Morgan fingerprint density at radius 1 is 1.35 bits per heavy atom. The first-order valence-electron chi connectivity index (χ1n) is 6.52. The molecule has 1 fully saturated rings. The first-order valence-corrected chi connectivity index (χ1v) is 6.52. The molecule has 3 heteroatoms. The van der Waals surface area contributed by atoms with E-state index in [1.165, 1.54) is 18.5 Å². The van der Waals surface area contributed by atoms with Crippen LogP contribution in [0.2, 0.25) is 0 Å². The van der Waals surface area contributed by atoms with Crippen molar-refractivity contribution in [1.82, 2.24) is 10.4 Å². The monoisotopic (exact) mass is 234 g/mol. The zero-order valence-corrected chi connectivity index (χ0v) is 10.6. The minimum atomic E-state index is 0.505. The van der Waals surface area contributed by atoms with Crippen molar-refractivity contribution in [3.63, 3.8) is 0 Å². The molecule has 0 spiro atoms. The van der Waals surface area contributed by atoms with Gasteiger partial charge in [0.15, 0.2) is 0 Å². The summed E-state index contributed by atoms with van der Waals surface area (Å²) in [5.74, 6) is 0. The normalized spacial score (nSPS) is 20.9. The molecule has 94 valence electrons. The van der Waals surface area contributed by atoms with E-state index in [9.17, 15) is 0 Å². The van der Waals surface area contributed by atoms with Crippen LogP contribution in [0.4, 0.5) is 0 Å². The molecule has 0 aromatic heterocycles. The average Bonchev–Trinajstić information content (AvgIpc) is 2.83. The molecule has 0 saturated carbocycles. The number of nitrogens with zero attached hydrogens (tertiary/aromatic N) is 1. The van der Waals surface area contributed by atoms with Crippen molar-refractivity contribution in [3.8, 4) is 0 Å². The Hall–Kier alpha value is -0.900. The molecule has 1 unspecified atom stereocenters. The van der Waals surface area contributed by atoms with Gasteiger partial charge in [-0.3, -0.25) is 0 Å². The molecule has 0 bridgehead atoms. The lowest BCUT2D eigenvalue weighted by atomic mass is 10.1. The molecule has 1 atom stereocenters. The van der Waals surface area contributed by atoms with Gasteiger partial charge in [-0.05, 0) is 31.9 Å². The average molecular weight is 234 g/mol. The van der Waals surface area contributed by atoms with Gasteiger partial charge in [0.25, 0.3) is 0 Å². The second-order valence-corrected chi connectivity index (χ2v) is 4.57. The van der Waals surface area contributed by atoms with Crippen molar-refractivity contribution in [3.05, 3.63) is 35.9 Å². The van der Waals surface area contributed by atoms with Gasteiger partial charge in [0.2, 0.25) is 0 Å². The van der Waals surface area contributed by atoms with Crippen molar-refractivity contribution in [2.75, 3.05) is 26.2 Å². The summed E-state index contributed by atoms with van der Waals surface area (Å²) in [5.41, 5.74) is 4.54. The zero-order valence-electron chi connectivity index (χ0n) is 10.6. The van der Waals surface area contributed by atoms with E-state index in [4.69, 9.17) is 4.84 Å². The van der Waals surface area contributed by atoms with E-state index in [2.05, 4.69) is 40.7 Å². The van der Waals surface area contributed by atoms with Crippen molar-refractivity contribution < 1.29 is 4.84 Å². The van der Waals surface area contributed by atoms with Crippen molar-refractivity contribution in [2.24, 2.45) is 0 Å². The fourth-order valence-corrected chi connectivity index (χ4v) is 2.27. The van der Waals surface area contributed by atoms with Gasteiger partial charge in [-0.2, -0.15) is 5.48 Å². The molecule has 1 heterocycles. The SMILES string of the molecule is CCONC1CCN(CCc2ccccc2)C1. The maximum atomic E-state index is 5.25. The largest absolute Gasteiger partial charge is 0.302 e. The quantitative estimate of drug-likeness (QED) is 0.760. The van der Waals surface area contributed by atoms with E-state index in [1.54, 1.807) is 0 Å². The Balaban J connectivity index is 1.68. The Labute approximate surface area is 104 Å². The van der Waals surface area contributed by atoms with Crippen LogP contribution >= 0.6 is 0 Å². The van der Waals surface area contributed by atoms with E-state index in [0.717, 1.165) is 26.1 Å². The van der Waals surface area contributed by atoms with E-state index >= 15 is 0 Å². The van der Waals surface area contributed by atoms with Crippen LogP contribution in [0.5, 0.6) is 0 Å². The van der Waals surface area contributed by atoms with E-state index in [0.29, 0.717) is 6.04 Å². The van der Waals surface area contributed by atoms with Crippen LogP contribution in [0.1, 0.15) is 18.9 Å². The summed E-state index contributed by atoms with van der Waals surface area (Å²) >= 11 is 0. The fourth-order valence-electron chi connectivity index (χ4n) is 2.27. The summed E-state index contributed by atoms with van der Waals surface area (Å²) in [6, 6.07) is 11.2. The molecule has 3 nitrogen and oxygen atoms in total. The van der Waals surface area contributed by atoms with Gasteiger partial charge in [-0.1, -0.05) is 30.3 Å². The van der Waals surface area contributed by atoms with E-state index in [-0.39, 0.29) is 0 Å². The number of hydrogen-bond donors (Lipinski definition) is 1. The number of hydrogen-bond acceptors (Lipinski definition) is 3. The predicted octanol–water partition coefficient (Wildman–Crippen LogP) is 1.84. The lowest BCUT2D eigenvalue weighted by Gasteiger charge is -2.16. The van der Waals surface area contributed by atoms with Crippen LogP contribution in [0.15, 0.2) is 30.3 Å². The third kappa shape index (κ3) is 4.11. The second-order valence-electron chi connectivity index (χ2n) is 4.57. The number of benzene rings is 1. The van der Waals surface area contributed by atoms with Gasteiger partial charge < -0.3 is 9.74 Å². The van der Waals surface area contributed by atoms with Gasteiger partial charge in [0, 0.05) is 19.1 Å². The minimum absolute atomic E-state index is 0.505. The van der Waals surface area contributed by atoms with Gasteiger partial charge in [-0.15, -0.1) is 0 Å². The highest BCUT2D eigenvalue weighted by atomic mass is 16.6. The van der Waals surface area contributed by atoms with Crippen molar-refractivity contribution >= 4 is 0 Å². The molecule has 1 aromatic rings. The Kier molecular flexibility index (Phi) is 4.98. The fraction of sp³-hybridized carbons (Fsp3) is 0.571. The summed E-state index contributed by atoms with van der Waals surface area (Å²) < 4.78 is 0. The number of rotatable bonds is 6. The first kappa shape index (κ1) is 12.6. The summed E-state index contributed by atoms with van der Waals surface area (Å²) in [7, 11) is 0. The molecule has 0 radical (unpaired) electrons. The van der Waals surface area contributed by atoms with Crippen molar-refractivity contribution in [2.45, 2.75) is 25.8 Å². The van der Waals surface area contributed by atoms with Crippen LogP contribution in [-0.2, 0) is 11.3 Å². The smallest absolute Gasteiger partial charge is 0.0654 e. The minimum Gasteiger partial charge on any atom is -0.302 e. The molecular weight excluding hydrogens is 212 g/mol. The third-order valence-corrected chi connectivity index (χ3v) is 3.23. The standard InChI is InChI=1S/C14H22N2O/c1-2-17-15-14-9-11-16(12-14)10-8-13-6-4-3-5-7-13/h3-7,14-15H,2,8-12H2,1H3. The molecule has 0 amide bonds. The van der Waals surface area contributed by atoms with Crippen LogP contribution in [0, 0.1) is 0 Å². The maximum Gasteiger partial charge on any atom is 0.0654 e. The summed E-state index contributed by atoms with van der Waals surface area (Å²) in [4.78, 5) is 7.76. The first-order chi connectivity index (χ1) is 8.38. The van der Waals surface area contributed by atoms with Crippen LogP contribution in [-0.4, -0.2) is 37.2 Å². The van der Waals surface area contributed by atoms with Gasteiger partial charge in [0.05, 0.1) is 6.61 Å². The van der Waals surface area contributed by atoms with Crippen molar-refractivity contribution in [1.29, 1.82) is 0 Å². The number of hydroxylamine groups is 1. The second kappa shape index (κ2) is 6.74. The molecule has 1 saturated heterocycles. The molecule has 17 heavy (non-hydrogen) atoms. The van der Waals surface area contributed by atoms with E-state index in [1.807, 2.05) is 6.92 Å². The van der Waals surface area contributed by atoms with Gasteiger partial charge >= 0.3 is 0 Å². The topological polar surface area (TPSA) is 24.5 Å². The Bertz CT molecular complexity index is 315. The molecular formula is C14H22N2O. The highest BCUT2D eigenvalue weighted by Gasteiger charge is 2.21. The van der Waals surface area contributed by atoms with Gasteiger partial charge in [-0.25, -0.2) is 0 Å². The summed E-state index contributed by atoms with van der Waals surface area (Å²) in [5, 5.41) is 0. The predicted molar refractivity (Wildman–Crippen MR) is 69.8 cm³/mol.